The lowest BCUT2D eigenvalue weighted by atomic mass is 10.1. The van der Waals surface area contributed by atoms with E-state index >= 15 is 0 Å². The van der Waals surface area contributed by atoms with E-state index in [0.29, 0.717) is 18.2 Å². The molecule has 1 saturated carbocycles. The maximum atomic E-state index is 11.9. The van der Waals surface area contributed by atoms with Gasteiger partial charge in [-0.1, -0.05) is 11.8 Å². The molecule has 0 spiro atoms. The predicted octanol–water partition coefficient (Wildman–Crippen LogP) is 1.46. The molecular formula is C14H18N2O2S. The molecule has 2 rings (SSSR count). The second kappa shape index (κ2) is 5.64. The van der Waals surface area contributed by atoms with Crippen LogP contribution in [0.15, 0.2) is 18.2 Å². The van der Waals surface area contributed by atoms with Crippen molar-refractivity contribution in [2.75, 3.05) is 17.0 Å². The largest absolute Gasteiger partial charge is 0.320 e. The average molecular weight is 278 g/mol. The average Bonchev–Trinajstić information content (AvgIpc) is 3.12. The second-order valence-corrected chi connectivity index (χ2v) is 6.63. The minimum Gasteiger partial charge on any atom is -0.320 e. The Balaban J connectivity index is 2.12. The fourth-order valence-electron chi connectivity index (χ4n) is 1.81. The molecule has 0 heterocycles. The number of hydrogen-bond donors (Lipinski definition) is 2. The van der Waals surface area contributed by atoms with Gasteiger partial charge in [0.25, 0.3) is 0 Å². The molecule has 1 aliphatic rings. The summed E-state index contributed by atoms with van der Waals surface area (Å²) in [4.78, 5) is 0. The van der Waals surface area contributed by atoms with Crippen LogP contribution in [-0.2, 0) is 10.0 Å². The maximum Gasteiger partial charge on any atom is 0.233 e. The van der Waals surface area contributed by atoms with Crippen LogP contribution in [0.25, 0.3) is 0 Å². The van der Waals surface area contributed by atoms with E-state index in [1.54, 1.807) is 12.1 Å². The van der Waals surface area contributed by atoms with Crippen molar-refractivity contribution in [1.29, 1.82) is 0 Å². The van der Waals surface area contributed by atoms with Gasteiger partial charge >= 0.3 is 0 Å². The van der Waals surface area contributed by atoms with Crippen molar-refractivity contribution >= 4 is 15.7 Å². The summed E-state index contributed by atoms with van der Waals surface area (Å²) < 4.78 is 26.4. The first kappa shape index (κ1) is 13.9. The number of aryl methyl sites for hydroxylation is 1. The van der Waals surface area contributed by atoms with Crippen molar-refractivity contribution in [3.8, 4) is 11.8 Å². The molecule has 0 unspecified atom stereocenters. The molecule has 0 bridgehead atoms. The molecule has 5 heteroatoms. The summed E-state index contributed by atoms with van der Waals surface area (Å²) >= 11 is 0. The molecule has 1 aliphatic carbocycles. The summed E-state index contributed by atoms with van der Waals surface area (Å²) in [5.74, 6) is 6.26. The van der Waals surface area contributed by atoms with Crippen LogP contribution in [0.1, 0.15) is 24.0 Å². The number of sulfonamides is 1. The van der Waals surface area contributed by atoms with Gasteiger partial charge in [-0.2, -0.15) is 0 Å². The number of benzene rings is 1. The summed E-state index contributed by atoms with van der Waals surface area (Å²) in [5.41, 5.74) is 7.64. The lowest BCUT2D eigenvalue weighted by Gasteiger charge is -2.10. The Morgan fingerprint density at radius 2 is 2.16 bits per heavy atom. The van der Waals surface area contributed by atoms with Gasteiger partial charge in [0.15, 0.2) is 0 Å². The molecule has 0 radical (unpaired) electrons. The quantitative estimate of drug-likeness (QED) is 0.819. The molecule has 102 valence electrons. The maximum absolute atomic E-state index is 11.9. The number of nitrogens with one attached hydrogen (secondary N) is 1. The van der Waals surface area contributed by atoms with Gasteiger partial charge in [-0.15, -0.1) is 0 Å². The number of rotatable bonds is 4. The van der Waals surface area contributed by atoms with Gasteiger partial charge < -0.3 is 5.73 Å². The topological polar surface area (TPSA) is 72.2 Å². The van der Waals surface area contributed by atoms with Gasteiger partial charge in [0.05, 0.1) is 18.0 Å². The van der Waals surface area contributed by atoms with Crippen LogP contribution < -0.4 is 10.5 Å². The van der Waals surface area contributed by atoms with Crippen LogP contribution in [-0.4, -0.2) is 20.7 Å². The lowest BCUT2D eigenvalue weighted by molar-refractivity contribution is 0.597. The van der Waals surface area contributed by atoms with Gasteiger partial charge in [0.2, 0.25) is 10.0 Å². The van der Waals surface area contributed by atoms with Crippen LogP contribution in [0.3, 0.4) is 0 Å². The van der Waals surface area contributed by atoms with Gasteiger partial charge in [-0.25, -0.2) is 8.42 Å². The summed E-state index contributed by atoms with van der Waals surface area (Å²) in [7, 11) is -3.23. The zero-order valence-electron chi connectivity index (χ0n) is 10.9. The highest BCUT2D eigenvalue weighted by atomic mass is 32.2. The molecule has 19 heavy (non-hydrogen) atoms. The molecule has 1 aromatic carbocycles. The lowest BCUT2D eigenvalue weighted by Crippen LogP contribution is -2.18. The first-order valence-electron chi connectivity index (χ1n) is 6.30. The molecule has 1 fully saturated rings. The molecule has 0 amide bonds. The third-order valence-corrected chi connectivity index (χ3v) is 4.42. The molecule has 1 aromatic rings. The summed E-state index contributed by atoms with van der Waals surface area (Å²) in [6.45, 7) is 2.18. The summed E-state index contributed by atoms with van der Waals surface area (Å²) in [5, 5.41) is 0. The second-order valence-electron chi connectivity index (χ2n) is 4.86. The molecule has 0 atom stereocenters. The van der Waals surface area contributed by atoms with Gasteiger partial charge in [-0.05, 0) is 49.4 Å². The minimum absolute atomic E-state index is 0.223. The van der Waals surface area contributed by atoms with E-state index in [9.17, 15) is 8.42 Å². The van der Waals surface area contributed by atoms with Gasteiger partial charge in [-0.3, -0.25) is 4.72 Å². The van der Waals surface area contributed by atoms with Crippen LogP contribution in [0.2, 0.25) is 0 Å². The van der Waals surface area contributed by atoms with Crippen LogP contribution in [0.4, 0.5) is 5.69 Å². The first-order valence-corrected chi connectivity index (χ1v) is 7.95. The zero-order valence-corrected chi connectivity index (χ0v) is 11.8. The molecule has 3 N–H and O–H groups in total. The van der Waals surface area contributed by atoms with Crippen molar-refractivity contribution < 1.29 is 8.42 Å². The highest BCUT2D eigenvalue weighted by molar-refractivity contribution is 7.92. The van der Waals surface area contributed by atoms with E-state index in [1.165, 1.54) is 0 Å². The van der Waals surface area contributed by atoms with Gasteiger partial charge in [0.1, 0.15) is 0 Å². The highest BCUT2D eigenvalue weighted by Gasteiger charge is 2.28. The van der Waals surface area contributed by atoms with Crippen LogP contribution >= 0.6 is 0 Å². The molecule has 0 saturated heterocycles. The van der Waals surface area contributed by atoms with Crippen molar-refractivity contribution in [1.82, 2.24) is 0 Å². The smallest absolute Gasteiger partial charge is 0.233 e. The van der Waals surface area contributed by atoms with E-state index < -0.39 is 10.0 Å². The third kappa shape index (κ3) is 4.27. The predicted molar refractivity (Wildman–Crippen MR) is 77.2 cm³/mol. The summed E-state index contributed by atoms with van der Waals surface area (Å²) in [6, 6.07) is 5.41. The number of nitrogens with two attached hydrogens (primary N) is 1. The van der Waals surface area contributed by atoms with Crippen molar-refractivity contribution in [2.24, 2.45) is 11.7 Å². The third-order valence-electron chi connectivity index (χ3n) is 2.98. The highest BCUT2D eigenvalue weighted by Crippen LogP contribution is 2.31. The van der Waals surface area contributed by atoms with E-state index in [4.69, 9.17) is 5.73 Å². The molecule has 0 aromatic heterocycles. The van der Waals surface area contributed by atoms with Gasteiger partial charge in [0, 0.05) is 5.56 Å². The van der Waals surface area contributed by atoms with Crippen LogP contribution in [0.5, 0.6) is 0 Å². The Morgan fingerprint density at radius 3 is 2.74 bits per heavy atom. The Kier molecular flexibility index (Phi) is 4.13. The van der Waals surface area contributed by atoms with E-state index in [-0.39, 0.29) is 5.75 Å². The van der Waals surface area contributed by atoms with Crippen molar-refractivity contribution in [3.63, 3.8) is 0 Å². The fraction of sp³-hybridized carbons (Fsp3) is 0.429. The normalized spacial score (nSPS) is 14.6. The molecule has 4 nitrogen and oxygen atoms in total. The Bertz CT molecular complexity index is 623. The Hall–Kier alpha value is -1.51. The van der Waals surface area contributed by atoms with E-state index in [0.717, 1.165) is 24.0 Å². The standard InChI is InChI=1S/C14H18N2O2S/c1-11-9-12(3-2-8-15)6-7-14(11)16-19(17,18)10-13-4-5-13/h6-7,9,13,16H,4-5,8,10,15H2,1H3. The zero-order chi connectivity index (χ0) is 13.9. The Labute approximate surface area is 114 Å². The minimum atomic E-state index is -3.23. The SMILES string of the molecule is Cc1cc(C#CCN)ccc1NS(=O)(=O)CC1CC1. The number of hydrogen-bond acceptors (Lipinski definition) is 3. The van der Waals surface area contributed by atoms with E-state index in [2.05, 4.69) is 16.6 Å². The first-order chi connectivity index (χ1) is 9.00. The van der Waals surface area contributed by atoms with Crippen LogP contribution in [0, 0.1) is 24.7 Å². The monoisotopic (exact) mass is 278 g/mol. The molecule has 0 aliphatic heterocycles. The van der Waals surface area contributed by atoms with E-state index in [1.807, 2.05) is 13.0 Å². The van der Waals surface area contributed by atoms with Crippen molar-refractivity contribution in [3.05, 3.63) is 29.3 Å². The fourth-order valence-corrected chi connectivity index (χ4v) is 3.41. The van der Waals surface area contributed by atoms with Crippen molar-refractivity contribution in [2.45, 2.75) is 19.8 Å². The molecular weight excluding hydrogens is 260 g/mol. The summed E-state index contributed by atoms with van der Waals surface area (Å²) in [6.07, 6.45) is 2.04. The number of anilines is 1. The Morgan fingerprint density at radius 1 is 1.42 bits per heavy atom.